The van der Waals surface area contributed by atoms with Crippen LogP contribution in [0, 0.1) is 17.3 Å². The van der Waals surface area contributed by atoms with Crippen molar-refractivity contribution in [2.24, 2.45) is 17.3 Å². The van der Waals surface area contributed by atoms with Crippen molar-refractivity contribution >= 4 is 0 Å². The number of methoxy groups -OCH3 is 1. The summed E-state index contributed by atoms with van der Waals surface area (Å²) in [6.45, 7) is 15.8. The first kappa shape index (κ1) is 17.9. The number of hydrogen-bond acceptors (Lipinski definition) is 3. The maximum atomic E-state index is 5.72. The van der Waals surface area contributed by atoms with E-state index in [1.165, 1.54) is 0 Å². The smallest absolute Gasteiger partial charge is 0.0587 e. The molecule has 0 aromatic rings. The van der Waals surface area contributed by atoms with Crippen LogP contribution in [0.3, 0.4) is 0 Å². The second kappa shape index (κ2) is 9.76. The number of hydrogen-bond donors (Lipinski definition) is 1. The molecule has 1 N–H and O–H groups in total. The lowest BCUT2D eigenvalue weighted by Crippen LogP contribution is -2.38. The molecule has 0 aliphatic heterocycles. The molecule has 0 spiro atoms. The van der Waals surface area contributed by atoms with E-state index in [4.69, 9.17) is 9.47 Å². The van der Waals surface area contributed by atoms with Crippen LogP contribution in [0.4, 0.5) is 0 Å². The Kier molecular flexibility index (Phi) is 9.70. The Bertz CT molecular complexity index is 195. The lowest BCUT2D eigenvalue weighted by molar-refractivity contribution is 0.0641. The van der Waals surface area contributed by atoms with Gasteiger partial charge in [-0.1, -0.05) is 34.6 Å². The monoisotopic (exact) mass is 259 g/mol. The van der Waals surface area contributed by atoms with E-state index in [9.17, 15) is 0 Å². The second-order valence-corrected chi connectivity index (χ2v) is 6.20. The average molecular weight is 259 g/mol. The zero-order valence-corrected chi connectivity index (χ0v) is 13.2. The molecule has 0 bridgehead atoms. The first-order valence-electron chi connectivity index (χ1n) is 7.19. The Balaban J connectivity index is 3.93. The quantitative estimate of drug-likeness (QED) is 0.579. The molecule has 110 valence electrons. The minimum atomic E-state index is 0.296. The van der Waals surface area contributed by atoms with Crippen molar-refractivity contribution in [3.05, 3.63) is 0 Å². The van der Waals surface area contributed by atoms with Gasteiger partial charge < -0.3 is 14.8 Å². The molecule has 0 heterocycles. The lowest BCUT2D eigenvalue weighted by atomic mass is 9.76. The van der Waals surface area contributed by atoms with E-state index in [-0.39, 0.29) is 0 Å². The summed E-state index contributed by atoms with van der Waals surface area (Å²) < 4.78 is 10.8. The molecule has 0 aromatic heterocycles. The van der Waals surface area contributed by atoms with Gasteiger partial charge in [0.1, 0.15) is 0 Å². The van der Waals surface area contributed by atoms with Gasteiger partial charge in [-0.3, -0.25) is 0 Å². The van der Waals surface area contributed by atoms with Crippen LogP contribution >= 0.6 is 0 Å². The molecular formula is C15H33NO2. The van der Waals surface area contributed by atoms with Crippen LogP contribution in [0.25, 0.3) is 0 Å². The lowest BCUT2D eigenvalue weighted by Gasteiger charge is -2.34. The van der Waals surface area contributed by atoms with Crippen molar-refractivity contribution in [1.82, 2.24) is 5.32 Å². The van der Waals surface area contributed by atoms with E-state index in [2.05, 4.69) is 39.9 Å². The minimum absolute atomic E-state index is 0.296. The Morgan fingerprint density at radius 3 is 2.28 bits per heavy atom. The minimum Gasteiger partial charge on any atom is -0.383 e. The van der Waals surface area contributed by atoms with E-state index >= 15 is 0 Å². The van der Waals surface area contributed by atoms with Crippen LogP contribution in [0.2, 0.25) is 0 Å². The van der Waals surface area contributed by atoms with Crippen molar-refractivity contribution in [1.29, 1.82) is 0 Å². The molecule has 0 aliphatic carbocycles. The maximum Gasteiger partial charge on any atom is 0.0587 e. The van der Waals surface area contributed by atoms with Crippen molar-refractivity contribution in [3.63, 3.8) is 0 Å². The predicted molar refractivity (Wildman–Crippen MR) is 78.0 cm³/mol. The molecule has 0 fully saturated rings. The van der Waals surface area contributed by atoms with Gasteiger partial charge in [-0.05, 0) is 23.7 Å². The highest BCUT2D eigenvalue weighted by Crippen LogP contribution is 2.30. The fourth-order valence-corrected chi connectivity index (χ4v) is 1.75. The topological polar surface area (TPSA) is 30.5 Å². The van der Waals surface area contributed by atoms with Gasteiger partial charge in [0.05, 0.1) is 6.61 Å². The highest BCUT2D eigenvalue weighted by atomic mass is 16.5. The number of ether oxygens (including phenoxy) is 2. The molecule has 0 radical (unpaired) electrons. The van der Waals surface area contributed by atoms with Gasteiger partial charge in [0.2, 0.25) is 0 Å². The Morgan fingerprint density at radius 1 is 1.11 bits per heavy atom. The zero-order valence-electron chi connectivity index (χ0n) is 13.2. The molecule has 18 heavy (non-hydrogen) atoms. The standard InChI is InChI=1S/C15H33NO2/c1-13(2)11-18-9-7-15(5,14(3)4)12-16-8-10-17-6/h13-14,16H,7-12H2,1-6H3. The van der Waals surface area contributed by atoms with E-state index in [0.717, 1.165) is 39.3 Å². The average Bonchev–Trinajstić information content (AvgIpc) is 2.30. The summed E-state index contributed by atoms with van der Waals surface area (Å²) in [5.41, 5.74) is 0.296. The highest BCUT2D eigenvalue weighted by Gasteiger charge is 2.27. The largest absolute Gasteiger partial charge is 0.383 e. The molecule has 0 rings (SSSR count). The van der Waals surface area contributed by atoms with Crippen molar-refractivity contribution < 1.29 is 9.47 Å². The zero-order chi connectivity index (χ0) is 14.0. The highest BCUT2D eigenvalue weighted by molar-refractivity contribution is 4.80. The molecule has 0 amide bonds. The second-order valence-electron chi connectivity index (χ2n) is 6.20. The Morgan fingerprint density at radius 2 is 1.78 bits per heavy atom. The van der Waals surface area contributed by atoms with Gasteiger partial charge in [0, 0.05) is 33.4 Å². The summed E-state index contributed by atoms with van der Waals surface area (Å²) in [7, 11) is 1.74. The summed E-state index contributed by atoms with van der Waals surface area (Å²) in [5.74, 6) is 1.27. The van der Waals surface area contributed by atoms with E-state index in [0.29, 0.717) is 17.3 Å². The Labute approximate surface area is 114 Å². The maximum absolute atomic E-state index is 5.72. The molecule has 1 unspecified atom stereocenters. The summed E-state index contributed by atoms with van der Waals surface area (Å²) in [6.07, 6.45) is 1.11. The van der Waals surface area contributed by atoms with Crippen LogP contribution in [0.5, 0.6) is 0 Å². The molecule has 3 nitrogen and oxygen atoms in total. The van der Waals surface area contributed by atoms with Gasteiger partial charge in [0.15, 0.2) is 0 Å². The molecule has 3 heteroatoms. The van der Waals surface area contributed by atoms with Gasteiger partial charge in [-0.25, -0.2) is 0 Å². The summed E-state index contributed by atoms with van der Waals surface area (Å²) in [4.78, 5) is 0. The predicted octanol–water partition coefficient (Wildman–Crippen LogP) is 2.95. The van der Waals surface area contributed by atoms with E-state index in [1.807, 2.05) is 0 Å². The number of rotatable bonds is 11. The molecule has 0 saturated heterocycles. The van der Waals surface area contributed by atoms with Crippen LogP contribution in [0.15, 0.2) is 0 Å². The fourth-order valence-electron chi connectivity index (χ4n) is 1.75. The third-order valence-corrected chi connectivity index (χ3v) is 3.67. The van der Waals surface area contributed by atoms with Crippen LogP contribution < -0.4 is 5.32 Å². The van der Waals surface area contributed by atoms with Crippen LogP contribution in [-0.2, 0) is 9.47 Å². The van der Waals surface area contributed by atoms with Crippen LogP contribution in [0.1, 0.15) is 41.0 Å². The van der Waals surface area contributed by atoms with E-state index in [1.54, 1.807) is 7.11 Å². The van der Waals surface area contributed by atoms with Gasteiger partial charge >= 0.3 is 0 Å². The van der Waals surface area contributed by atoms with Crippen LogP contribution in [-0.4, -0.2) is 40.0 Å². The third kappa shape index (κ3) is 8.06. The molecule has 0 saturated carbocycles. The van der Waals surface area contributed by atoms with Gasteiger partial charge in [0.25, 0.3) is 0 Å². The molecule has 0 aromatic carbocycles. The normalized spacial score (nSPS) is 15.3. The third-order valence-electron chi connectivity index (χ3n) is 3.67. The fraction of sp³-hybridized carbons (Fsp3) is 1.00. The summed E-state index contributed by atoms with van der Waals surface area (Å²) in [6, 6.07) is 0. The summed E-state index contributed by atoms with van der Waals surface area (Å²) in [5, 5.41) is 3.48. The Hall–Kier alpha value is -0.120. The van der Waals surface area contributed by atoms with Crippen molar-refractivity contribution in [2.45, 2.75) is 41.0 Å². The van der Waals surface area contributed by atoms with Gasteiger partial charge in [-0.15, -0.1) is 0 Å². The van der Waals surface area contributed by atoms with E-state index < -0.39 is 0 Å². The van der Waals surface area contributed by atoms with Crippen molar-refractivity contribution in [2.75, 3.05) is 40.0 Å². The molecular weight excluding hydrogens is 226 g/mol. The van der Waals surface area contributed by atoms with Crippen molar-refractivity contribution in [3.8, 4) is 0 Å². The molecule has 1 atom stereocenters. The van der Waals surface area contributed by atoms with Gasteiger partial charge in [-0.2, -0.15) is 0 Å². The number of nitrogens with one attached hydrogen (secondary N) is 1. The summed E-state index contributed by atoms with van der Waals surface area (Å²) >= 11 is 0. The first-order chi connectivity index (χ1) is 8.42. The molecule has 0 aliphatic rings. The first-order valence-corrected chi connectivity index (χ1v) is 7.19. The SMILES string of the molecule is COCCNCC(C)(CCOCC(C)C)C(C)C.